The summed E-state index contributed by atoms with van der Waals surface area (Å²) in [6, 6.07) is 7.15. The summed E-state index contributed by atoms with van der Waals surface area (Å²) in [6.07, 6.45) is 3.20. The predicted octanol–water partition coefficient (Wildman–Crippen LogP) is 2.60. The molecule has 19 heavy (non-hydrogen) atoms. The van der Waals surface area contributed by atoms with Crippen molar-refractivity contribution in [1.82, 2.24) is 15.2 Å². The van der Waals surface area contributed by atoms with Crippen molar-refractivity contribution in [2.75, 3.05) is 0 Å². The number of hydrogen-bond acceptors (Lipinski definition) is 3. The summed E-state index contributed by atoms with van der Waals surface area (Å²) in [6.45, 7) is 0. The Balaban J connectivity index is 2.03. The Bertz CT molecular complexity index is 638. The number of hydrazone groups is 1. The predicted molar refractivity (Wildman–Crippen MR) is 77.4 cm³/mol. The zero-order valence-corrected chi connectivity index (χ0v) is 12.3. The lowest BCUT2D eigenvalue weighted by Crippen LogP contribution is -2.18. The molecule has 98 valence electrons. The molecule has 0 aliphatic heterocycles. The lowest BCUT2D eigenvalue weighted by molar-refractivity contribution is 0.0948. The van der Waals surface area contributed by atoms with Crippen LogP contribution in [0.3, 0.4) is 0 Å². The first-order valence-electron chi connectivity index (χ1n) is 5.34. The maximum absolute atomic E-state index is 11.8. The van der Waals surface area contributed by atoms with Crippen LogP contribution in [-0.2, 0) is 7.05 Å². The molecule has 0 aliphatic carbocycles. The molecule has 0 saturated carbocycles. The Labute approximate surface area is 123 Å². The van der Waals surface area contributed by atoms with Crippen LogP contribution in [0.25, 0.3) is 0 Å². The van der Waals surface area contributed by atoms with Crippen LogP contribution >= 0.6 is 27.5 Å². The number of amides is 1. The Morgan fingerprint density at radius 2 is 2.37 bits per heavy atom. The van der Waals surface area contributed by atoms with Gasteiger partial charge in [-0.25, -0.2) is 5.43 Å². The number of benzene rings is 1. The van der Waals surface area contributed by atoms with E-state index >= 15 is 0 Å². The molecule has 2 aromatic rings. The van der Waals surface area contributed by atoms with Crippen LogP contribution in [0, 0.1) is 0 Å². The number of halogens is 2. The minimum atomic E-state index is -0.384. The molecular formula is C12H10BrClN4O. The SMILES string of the molecule is Cn1cc(Br)c(C(=O)NN=Cc2cccc(Cl)c2)n1. The molecule has 7 heteroatoms. The molecule has 0 aliphatic rings. The second-order valence-corrected chi connectivity index (χ2v) is 5.04. The standard InChI is InChI=1S/C12H10BrClN4O/c1-18-7-10(13)11(17-18)12(19)16-15-6-8-3-2-4-9(14)5-8/h2-7H,1H3,(H,16,19). The quantitative estimate of drug-likeness (QED) is 0.689. The summed E-state index contributed by atoms with van der Waals surface area (Å²) >= 11 is 9.09. The van der Waals surface area contributed by atoms with Crippen LogP contribution in [-0.4, -0.2) is 21.9 Å². The minimum Gasteiger partial charge on any atom is -0.274 e. The summed E-state index contributed by atoms with van der Waals surface area (Å²) < 4.78 is 2.16. The van der Waals surface area contributed by atoms with E-state index < -0.39 is 0 Å². The number of carbonyl (C=O) groups is 1. The van der Waals surface area contributed by atoms with Crippen LogP contribution < -0.4 is 5.43 Å². The van der Waals surface area contributed by atoms with Crippen LogP contribution in [0.5, 0.6) is 0 Å². The highest BCUT2D eigenvalue weighted by Gasteiger charge is 2.13. The van der Waals surface area contributed by atoms with Crippen molar-refractivity contribution >= 4 is 39.7 Å². The van der Waals surface area contributed by atoms with Crippen molar-refractivity contribution in [3.8, 4) is 0 Å². The lowest BCUT2D eigenvalue weighted by Gasteiger charge is -1.97. The highest BCUT2D eigenvalue weighted by molar-refractivity contribution is 9.10. The lowest BCUT2D eigenvalue weighted by atomic mass is 10.2. The van der Waals surface area contributed by atoms with Gasteiger partial charge in [-0.3, -0.25) is 9.48 Å². The normalized spacial score (nSPS) is 10.9. The number of hydrogen-bond donors (Lipinski definition) is 1. The first kappa shape index (κ1) is 13.8. The molecule has 1 amide bonds. The molecule has 0 spiro atoms. The van der Waals surface area contributed by atoms with Crippen LogP contribution in [0.15, 0.2) is 40.0 Å². The summed E-state index contributed by atoms with van der Waals surface area (Å²) in [5, 5.41) is 8.48. The molecule has 0 unspecified atom stereocenters. The van der Waals surface area contributed by atoms with E-state index in [0.717, 1.165) is 5.56 Å². The number of carbonyl (C=O) groups excluding carboxylic acids is 1. The van der Waals surface area contributed by atoms with Gasteiger partial charge in [0.2, 0.25) is 0 Å². The topological polar surface area (TPSA) is 59.3 Å². The molecule has 2 rings (SSSR count). The van der Waals surface area contributed by atoms with E-state index in [9.17, 15) is 4.79 Å². The molecule has 0 atom stereocenters. The second kappa shape index (κ2) is 5.99. The zero-order chi connectivity index (χ0) is 13.8. The molecular weight excluding hydrogens is 332 g/mol. The van der Waals surface area contributed by atoms with Crippen LogP contribution in [0.1, 0.15) is 16.1 Å². The Hall–Kier alpha value is -1.66. The highest BCUT2D eigenvalue weighted by Crippen LogP contribution is 2.13. The van der Waals surface area contributed by atoms with Gasteiger partial charge in [0, 0.05) is 18.3 Å². The van der Waals surface area contributed by atoms with Crippen molar-refractivity contribution in [2.45, 2.75) is 0 Å². The van der Waals surface area contributed by atoms with Gasteiger partial charge in [0.1, 0.15) is 0 Å². The van der Waals surface area contributed by atoms with Gasteiger partial charge >= 0.3 is 0 Å². The van der Waals surface area contributed by atoms with Crippen molar-refractivity contribution in [3.05, 3.63) is 51.2 Å². The van der Waals surface area contributed by atoms with E-state index in [2.05, 4.69) is 31.6 Å². The molecule has 0 radical (unpaired) electrons. The van der Waals surface area contributed by atoms with E-state index in [1.165, 1.54) is 6.21 Å². The maximum atomic E-state index is 11.8. The van der Waals surface area contributed by atoms with Gasteiger partial charge < -0.3 is 0 Å². The van der Waals surface area contributed by atoms with E-state index in [4.69, 9.17) is 11.6 Å². The first-order chi connectivity index (χ1) is 9.06. The largest absolute Gasteiger partial charge is 0.293 e. The number of nitrogens with one attached hydrogen (secondary N) is 1. The summed E-state index contributed by atoms with van der Waals surface area (Å²) in [7, 11) is 1.73. The van der Waals surface area contributed by atoms with E-state index in [-0.39, 0.29) is 11.6 Å². The molecule has 0 saturated heterocycles. The molecule has 1 aromatic heterocycles. The fraction of sp³-hybridized carbons (Fsp3) is 0.0833. The second-order valence-electron chi connectivity index (χ2n) is 3.75. The molecule has 1 aromatic carbocycles. The van der Waals surface area contributed by atoms with Gasteiger partial charge in [-0.15, -0.1) is 0 Å². The smallest absolute Gasteiger partial charge is 0.274 e. The van der Waals surface area contributed by atoms with Crippen molar-refractivity contribution < 1.29 is 4.79 Å². The molecule has 0 bridgehead atoms. The molecule has 5 nitrogen and oxygen atoms in total. The number of rotatable bonds is 3. The van der Waals surface area contributed by atoms with Gasteiger partial charge in [0.25, 0.3) is 5.91 Å². The summed E-state index contributed by atoms with van der Waals surface area (Å²) in [5.74, 6) is -0.384. The monoisotopic (exact) mass is 340 g/mol. The van der Waals surface area contributed by atoms with E-state index in [0.29, 0.717) is 9.50 Å². The van der Waals surface area contributed by atoms with Gasteiger partial charge in [0.05, 0.1) is 10.7 Å². The van der Waals surface area contributed by atoms with Gasteiger partial charge in [-0.1, -0.05) is 23.7 Å². The fourth-order valence-electron chi connectivity index (χ4n) is 1.42. The third kappa shape index (κ3) is 3.65. The Kier molecular flexibility index (Phi) is 4.34. The highest BCUT2D eigenvalue weighted by atomic mass is 79.9. The van der Waals surface area contributed by atoms with E-state index in [1.807, 2.05) is 6.07 Å². The first-order valence-corrected chi connectivity index (χ1v) is 6.51. The third-order valence-corrected chi connectivity index (χ3v) is 3.04. The van der Waals surface area contributed by atoms with Crippen molar-refractivity contribution in [3.63, 3.8) is 0 Å². The van der Waals surface area contributed by atoms with Crippen molar-refractivity contribution in [2.24, 2.45) is 12.1 Å². The summed E-state index contributed by atoms with van der Waals surface area (Å²) in [4.78, 5) is 11.8. The number of nitrogens with zero attached hydrogens (tertiary/aromatic N) is 3. The summed E-state index contributed by atoms with van der Waals surface area (Å²) in [5.41, 5.74) is 3.48. The fourth-order valence-corrected chi connectivity index (χ4v) is 2.17. The van der Waals surface area contributed by atoms with Gasteiger partial charge in [0.15, 0.2) is 5.69 Å². The van der Waals surface area contributed by atoms with Gasteiger partial charge in [-0.05, 0) is 33.6 Å². The van der Waals surface area contributed by atoms with Crippen LogP contribution in [0.4, 0.5) is 0 Å². The molecule has 0 fully saturated rings. The number of aryl methyl sites for hydroxylation is 1. The third-order valence-electron chi connectivity index (χ3n) is 2.23. The van der Waals surface area contributed by atoms with Gasteiger partial charge in [-0.2, -0.15) is 10.2 Å². The molecule has 1 N–H and O–H groups in total. The molecule has 1 heterocycles. The Morgan fingerprint density at radius 3 is 3.00 bits per heavy atom. The zero-order valence-electron chi connectivity index (χ0n) is 9.97. The number of aromatic nitrogens is 2. The van der Waals surface area contributed by atoms with Crippen molar-refractivity contribution in [1.29, 1.82) is 0 Å². The maximum Gasteiger partial charge on any atom is 0.293 e. The average molecular weight is 342 g/mol. The average Bonchev–Trinajstić information content (AvgIpc) is 2.68. The minimum absolute atomic E-state index is 0.283. The van der Waals surface area contributed by atoms with Crippen LogP contribution in [0.2, 0.25) is 5.02 Å². The van der Waals surface area contributed by atoms with E-state index in [1.54, 1.807) is 36.1 Å². The Morgan fingerprint density at radius 1 is 1.58 bits per heavy atom.